The molecule has 0 aliphatic carbocycles. The molecule has 2 unspecified atom stereocenters. The zero-order valence-corrected chi connectivity index (χ0v) is 21.5. The number of piperidine rings is 1. The van der Waals surface area contributed by atoms with E-state index in [1.165, 1.54) is 17.0 Å². The third kappa shape index (κ3) is 5.74. The topological polar surface area (TPSA) is 127 Å². The van der Waals surface area contributed by atoms with E-state index in [9.17, 15) is 27.0 Å². The predicted octanol–water partition coefficient (Wildman–Crippen LogP) is 2.44. The van der Waals surface area contributed by atoms with Crippen molar-refractivity contribution in [3.63, 3.8) is 0 Å². The van der Waals surface area contributed by atoms with Gasteiger partial charge in [-0.1, -0.05) is 30.2 Å². The summed E-state index contributed by atoms with van der Waals surface area (Å²) in [6.45, 7) is 2.09. The Morgan fingerprint density at radius 3 is 2.53 bits per heavy atom. The zero-order valence-electron chi connectivity index (χ0n) is 19.9. The second-order valence-electron chi connectivity index (χ2n) is 8.88. The van der Waals surface area contributed by atoms with Crippen LogP contribution in [0.3, 0.4) is 0 Å². The Balaban J connectivity index is 1.28. The molecule has 2 aliphatic rings. The van der Waals surface area contributed by atoms with Gasteiger partial charge in [-0.2, -0.15) is 8.42 Å². The van der Waals surface area contributed by atoms with E-state index in [1.54, 1.807) is 30.3 Å². The summed E-state index contributed by atoms with van der Waals surface area (Å²) in [7, 11) is -5.16. The molecule has 2 aromatic rings. The van der Waals surface area contributed by atoms with Crippen molar-refractivity contribution in [2.45, 2.75) is 61.4 Å². The Kier molecular flexibility index (Phi) is 8.01. The summed E-state index contributed by atoms with van der Waals surface area (Å²) in [6.07, 6.45) is 2.16. The molecule has 36 heavy (non-hydrogen) atoms. The summed E-state index contributed by atoms with van der Waals surface area (Å²) in [5.41, 5.74) is 2.04. The number of nitrogens with one attached hydrogen (secondary N) is 1. The van der Waals surface area contributed by atoms with Crippen LogP contribution in [0.2, 0.25) is 0 Å². The lowest BCUT2D eigenvalue weighted by molar-refractivity contribution is -0.136. The minimum atomic E-state index is -3.80. The number of imide groups is 1. The first-order chi connectivity index (χ1) is 17.2. The highest BCUT2D eigenvalue weighted by atomic mass is 32.2. The normalized spacial score (nSPS) is 18.8. The molecular weight excluding hydrogens is 504 g/mol. The van der Waals surface area contributed by atoms with Crippen molar-refractivity contribution >= 4 is 38.6 Å². The van der Waals surface area contributed by atoms with Crippen LogP contribution in [-0.2, 0) is 41.2 Å². The highest BCUT2D eigenvalue weighted by Crippen LogP contribution is 2.31. The lowest BCUT2D eigenvalue weighted by Crippen LogP contribution is -2.52. The van der Waals surface area contributed by atoms with Crippen LogP contribution in [0.15, 0.2) is 52.3 Å². The molecule has 0 radical (unpaired) electrons. The smallest absolute Gasteiger partial charge is 0.296 e. The minimum Gasteiger partial charge on any atom is -0.322 e. The molecule has 2 heterocycles. The SMILES string of the molecule is Cc1ccc(S(=O)(=O)OCCCCCS(=O)c2cccc3c2CN(C2CCC(=O)NC2=O)C3=O)cc1. The Morgan fingerprint density at radius 2 is 1.81 bits per heavy atom. The van der Waals surface area contributed by atoms with Gasteiger partial charge in [0, 0.05) is 34.7 Å². The van der Waals surface area contributed by atoms with Gasteiger partial charge in [0.15, 0.2) is 0 Å². The molecule has 192 valence electrons. The Hall–Kier alpha value is -2.89. The lowest BCUT2D eigenvalue weighted by Gasteiger charge is -2.29. The van der Waals surface area contributed by atoms with E-state index in [0.29, 0.717) is 41.0 Å². The number of amides is 3. The molecule has 2 aliphatic heterocycles. The minimum absolute atomic E-state index is 0.0407. The fourth-order valence-electron chi connectivity index (χ4n) is 4.33. The molecule has 0 aromatic heterocycles. The lowest BCUT2D eigenvalue weighted by atomic mass is 10.0. The fourth-order valence-corrected chi connectivity index (χ4v) is 6.64. The number of carbonyl (C=O) groups is 3. The summed E-state index contributed by atoms with van der Waals surface area (Å²) in [4.78, 5) is 38.8. The zero-order chi connectivity index (χ0) is 25.9. The van der Waals surface area contributed by atoms with E-state index < -0.39 is 32.9 Å². The predicted molar refractivity (Wildman–Crippen MR) is 132 cm³/mol. The van der Waals surface area contributed by atoms with Crippen molar-refractivity contribution < 1.29 is 31.2 Å². The number of rotatable bonds is 10. The number of aryl methyl sites for hydroxylation is 1. The van der Waals surface area contributed by atoms with E-state index in [1.807, 2.05) is 6.92 Å². The molecule has 0 saturated carbocycles. The Labute approximate surface area is 212 Å². The molecule has 3 amide bonds. The molecule has 4 rings (SSSR count). The number of fused-ring (bicyclic) bond motifs is 1. The van der Waals surface area contributed by atoms with Crippen molar-refractivity contribution in [1.29, 1.82) is 0 Å². The number of hydrogen-bond acceptors (Lipinski definition) is 7. The molecule has 1 fully saturated rings. The van der Waals surface area contributed by atoms with Crippen LogP contribution in [0, 0.1) is 6.92 Å². The van der Waals surface area contributed by atoms with Crippen LogP contribution in [0.4, 0.5) is 0 Å². The van der Waals surface area contributed by atoms with Crippen LogP contribution in [-0.4, -0.2) is 53.6 Å². The first-order valence-corrected chi connectivity index (χ1v) is 14.5. The Bertz CT molecular complexity index is 1310. The maximum atomic E-state index is 13.0. The van der Waals surface area contributed by atoms with E-state index in [2.05, 4.69) is 5.32 Å². The maximum absolute atomic E-state index is 13.0. The molecular formula is C25H28N2O7S2. The molecule has 2 atom stereocenters. The van der Waals surface area contributed by atoms with Crippen molar-refractivity contribution in [2.75, 3.05) is 12.4 Å². The van der Waals surface area contributed by atoms with Crippen LogP contribution < -0.4 is 5.32 Å². The summed E-state index contributed by atoms with van der Waals surface area (Å²) >= 11 is 0. The van der Waals surface area contributed by atoms with Gasteiger partial charge in [0.1, 0.15) is 6.04 Å². The van der Waals surface area contributed by atoms with Crippen LogP contribution in [0.1, 0.15) is 53.6 Å². The number of benzene rings is 2. The summed E-state index contributed by atoms with van der Waals surface area (Å²) < 4.78 is 42.6. The third-order valence-electron chi connectivity index (χ3n) is 6.31. The van der Waals surface area contributed by atoms with Gasteiger partial charge in [0.25, 0.3) is 16.0 Å². The number of hydrogen-bond donors (Lipinski definition) is 1. The van der Waals surface area contributed by atoms with Gasteiger partial charge in [-0.25, -0.2) is 0 Å². The quantitative estimate of drug-likeness (QED) is 0.283. The van der Waals surface area contributed by atoms with Gasteiger partial charge < -0.3 is 4.90 Å². The fraction of sp³-hybridized carbons (Fsp3) is 0.400. The monoisotopic (exact) mass is 532 g/mol. The van der Waals surface area contributed by atoms with Gasteiger partial charge >= 0.3 is 0 Å². The van der Waals surface area contributed by atoms with Crippen molar-refractivity contribution in [1.82, 2.24) is 10.2 Å². The molecule has 9 nitrogen and oxygen atoms in total. The first-order valence-electron chi connectivity index (χ1n) is 11.8. The molecule has 1 saturated heterocycles. The van der Waals surface area contributed by atoms with Gasteiger partial charge in [-0.05, 0) is 50.5 Å². The van der Waals surface area contributed by atoms with E-state index in [4.69, 9.17) is 4.18 Å². The van der Waals surface area contributed by atoms with E-state index in [0.717, 1.165) is 5.56 Å². The highest BCUT2D eigenvalue weighted by molar-refractivity contribution is 7.86. The van der Waals surface area contributed by atoms with Crippen molar-refractivity contribution in [3.05, 3.63) is 59.2 Å². The second-order valence-corrected chi connectivity index (χ2v) is 12.0. The van der Waals surface area contributed by atoms with Gasteiger partial charge in [-0.15, -0.1) is 0 Å². The van der Waals surface area contributed by atoms with Crippen LogP contribution >= 0.6 is 0 Å². The van der Waals surface area contributed by atoms with Crippen LogP contribution in [0.5, 0.6) is 0 Å². The highest BCUT2D eigenvalue weighted by Gasteiger charge is 2.40. The number of nitrogens with zero attached hydrogens (tertiary/aromatic N) is 1. The molecule has 1 N–H and O–H groups in total. The summed E-state index contributed by atoms with van der Waals surface area (Å²) in [6, 6.07) is 10.8. The summed E-state index contributed by atoms with van der Waals surface area (Å²) in [5.74, 6) is -0.777. The number of unbranched alkanes of at least 4 members (excludes halogenated alkanes) is 2. The second kappa shape index (κ2) is 11.0. The van der Waals surface area contributed by atoms with Gasteiger partial charge in [-0.3, -0.25) is 28.1 Å². The van der Waals surface area contributed by atoms with Crippen LogP contribution in [0.25, 0.3) is 0 Å². The van der Waals surface area contributed by atoms with Crippen molar-refractivity contribution in [2.24, 2.45) is 0 Å². The largest absolute Gasteiger partial charge is 0.322 e. The molecule has 0 bridgehead atoms. The maximum Gasteiger partial charge on any atom is 0.296 e. The summed E-state index contributed by atoms with van der Waals surface area (Å²) in [5, 5.41) is 2.28. The Morgan fingerprint density at radius 1 is 1.06 bits per heavy atom. The first kappa shape index (κ1) is 26.2. The molecule has 2 aromatic carbocycles. The average Bonchev–Trinajstić information content (AvgIpc) is 3.17. The molecule has 11 heteroatoms. The van der Waals surface area contributed by atoms with E-state index in [-0.39, 0.29) is 42.7 Å². The number of carbonyl (C=O) groups excluding carboxylic acids is 3. The van der Waals surface area contributed by atoms with Gasteiger partial charge in [0.05, 0.1) is 22.3 Å². The standard InChI is InChI=1S/C25H28N2O7S2/c1-17-8-10-18(11-9-17)36(32,33)34-14-3-2-4-15-35(31)22-7-5-6-19-20(22)16-27(25(19)30)21-12-13-23(28)26-24(21)29/h5-11,21H,2-4,12-16H2,1H3,(H,26,28,29). The van der Waals surface area contributed by atoms with Crippen molar-refractivity contribution in [3.8, 4) is 0 Å². The third-order valence-corrected chi connectivity index (χ3v) is 9.17. The molecule has 0 spiro atoms. The van der Waals surface area contributed by atoms with E-state index >= 15 is 0 Å². The van der Waals surface area contributed by atoms with Gasteiger partial charge in [0.2, 0.25) is 11.8 Å². The average molecular weight is 533 g/mol.